The van der Waals surface area contributed by atoms with E-state index in [2.05, 4.69) is 11.6 Å². The molecule has 146 valence electrons. The average molecular weight is 391 g/mol. The van der Waals surface area contributed by atoms with E-state index in [0.717, 1.165) is 17.9 Å². The number of rotatable bonds is 7. The van der Waals surface area contributed by atoms with Crippen molar-refractivity contribution in [1.82, 2.24) is 9.62 Å². The summed E-state index contributed by atoms with van der Waals surface area (Å²) in [6.45, 7) is 6.03. The summed E-state index contributed by atoms with van der Waals surface area (Å²) in [5.74, 6) is 2.60. The lowest BCUT2D eigenvalue weighted by Crippen LogP contribution is -2.31. The zero-order valence-corrected chi connectivity index (χ0v) is 16.9. The van der Waals surface area contributed by atoms with Crippen molar-refractivity contribution in [2.45, 2.75) is 50.6 Å². The Labute approximate surface area is 160 Å². The normalized spacial score (nSPS) is 19.3. The lowest BCUT2D eigenvalue weighted by atomic mass is 10.2. The number of benzene rings is 1. The number of furan rings is 1. The molecular formula is C20H26N2O4S. The van der Waals surface area contributed by atoms with Crippen molar-refractivity contribution in [1.29, 1.82) is 0 Å². The van der Waals surface area contributed by atoms with Crippen LogP contribution < -0.4 is 4.72 Å². The van der Waals surface area contributed by atoms with Gasteiger partial charge in [-0.1, -0.05) is 13.0 Å². The topological polar surface area (TPSA) is 79.6 Å². The van der Waals surface area contributed by atoms with Gasteiger partial charge in [0.2, 0.25) is 10.0 Å². The van der Waals surface area contributed by atoms with Crippen LogP contribution in [0.4, 0.5) is 0 Å². The van der Waals surface area contributed by atoms with Gasteiger partial charge in [-0.2, -0.15) is 0 Å². The van der Waals surface area contributed by atoms with Gasteiger partial charge in [0.25, 0.3) is 5.91 Å². The number of amides is 1. The first kappa shape index (κ1) is 19.6. The van der Waals surface area contributed by atoms with Crippen LogP contribution in [0, 0.1) is 5.92 Å². The molecule has 3 rings (SSSR count). The Morgan fingerprint density at radius 2 is 2.00 bits per heavy atom. The Morgan fingerprint density at radius 3 is 2.63 bits per heavy atom. The summed E-state index contributed by atoms with van der Waals surface area (Å²) in [6.07, 6.45) is 1.15. The number of nitrogens with zero attached hydrogens (tertiary/aromatic N) is 1. The zero-order valence-electron chi connectivity index (χ0n) is 16.1. The average Bonchev–Trinajstić information content (AvgIpc) is 3.14. The smallest absolute Gasteiger partial charge is 0.254 e. The quantitative estimate of drug-likeness (QED) is 0.786. The standard InChI is InChI=1S/C20H26N2O4S/c1-13(2)21-27(24,25)17-7-5-6-15(11-17)20(23)22(4)12-16-8-9-19(26-16)18-10-14(18)3/h5-9,11,13-14,18,21H,10,12H2,1-4H3/t14-,18+/m1/s1. The van der Waals surface area contributed by atoms with Crippen molar-refractivity contribution in [2.75, 3.05) is 7.05 Å². The molecule has 0 bridgehead atoms. The van der Waals surface area contributed by atoms with E-state index < -0.39 is 10.0 Å². The Bertz CT molecular complexity index is 933. The maximum atomic E-state index is 12.7. The second-order valence-electron chi connectivity index (χ2n) is 7.59. The highest BCUT2D eigenvalue weighted by atomic mass is 32.2. The van der Waals surface area contributed by atoms with E-state index in [1.807, 2.05) is 12.1 Å². The first-order valence-corrected chi connectivity index (χ1v) is 10.6. The fourth-order valence-corrected chi connectivity index (χ4v) is 4.39. The molecule has 1 aliphatic carbocycles. The molecule has 1 aromatic carbocycles. The minimum absolute atomic E-state index is 0.0819. The molecule has 0 spiro atoms. The molecule has 0 radical (unpaired) electrons. The van der Waals surface area contributed by atoms with Crippen molar-refractivity contribution < 1.29 is 17.6 Å². The number of carbonyl (C=O) groups is 1. The van der Waals surface area contributed by atoms with E-state index in [0.29, 0.717) is 23.9 Å². The molecule has 1 saturated carbocycles. The van der Waals surface area contributed by atoms with Crippen molar-refractivity contribution in [3.63, 3.8) is 0 Å². The largest absolute Gasteiger partial charge is 0.464 e. The van der Waals surface area contributed by atoms with E-state index >= 15 is 0 Å². The van der Waals surface area contributed by atoms with Gasteiger partial charge >= 0.3 is 0 Å². The van der Waals surface area contributed by atoms with Crippen LogP contribution in [0.5, 0.6) is 0 Å². The number of hydrogen-bond donors (Lipinski definition) is 1. The predicted molar refractivity (Wildman–Crippen MR) is 103 cm³/mol. The Kier molecular flexibility index (Phi) is 5.44. The molecule has 0 unspecified atom stereocenters. The molecular weight excluding hydrogens is 364 g/mol. The third-order valence-corrected chi connectivity index (χ3v) is 6.34. The fraction of sp³-hybridized carbons (Fsp3) is 0.450. The van der Waals surface area contributed by atoms with Gasteiger partial charge in [0, 0.05) is 24.6 Å². The van der Waals surface area contributed by atoms with Gasteiger partial charge in [-0.05, 0) is 56.5 Å². The molecule has 6 nitrogen and oxygen atoms in total. The second kappa shape index (κ2) is 7.48. The van der Waals surface area contributed by atoms with Crippen molar-refractivity contribution in [2.24, 2.45) is 5.92 Å². The van der Waals surface area contributed by atoms with E-state index in [9.17, 15) is 13.2 Å². The molecule has 1 fully saturated rings. The molecule has 2 aromatic rings. The monoisotopic (exact) mass is 390 g/mol. The van der Waals surface area contributed by atoms with E-state index in [4.69, 9.17) is 4.42 Å². The van der Waals surface area contributed by atoms with Crippen LogP contribution in [0.1, 0.15) is 55.0 Å². The van der Waals surface area contributed by atoms with Crippen LogP contribution in [0.2, 0.25) is 0 Å². The molecule has 0 saturated heterocycles. The molecule has 0 aliphatic heterocycles. The summed E-state index contributed by atoms with van der Waals surface area (Å²) in [4.78, 5) is 14.3. The van der Waals surface area contributed by atoms with Gasteiger partial charge in [-0.15, -0.1) is 0 Å². The highest BCUT2D eigenvalue weighted by Gasteiger charge is 2.36. The minimum Gasteiger partial charge on any atom is -0.464 e. The third kappa shape index (κ3) is 4.59. The molecule has 7 heteroatoms. The molecule has 1 amide bonds. The van der Waals surface area contributed by atoms with Crippen LogP contribution in [0.25, 0.3) is 0 Å². The van der Waals surface area contributed by atoms with Gasteiger partial charge in [-0.3, -0.25) is 4.79 Å². The summed E-state index contributed by atoms with van der Waals surface area (Å²) in [5, 5.41) is 0. The second-order valence-corrected chi connectivity index (χ2v) is 9.30. The molecule has 1 heterocycles. The van der Waals surface area contributed by atoms with Gasteiger partial charge in [0.1, 0.15) is 11.5 Å². The number of sulfonamides is 1. The van der Waals surface area contributed by atoms with Gasteiger partial charge in [0.05, 0.1) is 11.4 Å². The van der Waals surface area contributed by atoms with Crippen molar-refractivity contribution in [3.05, 3.63) is 53.5 Å². The number of hydrogen-bond acceptors (Lipinski definition) is 4. The van der Waals surface area contributed by atoms with E-state index in [1.165, 1.54) is 17.0 Å². The van der Waals surface area contributed by atoms with E-state index in [1.54, 1.807) is 33.0 Å². The van der Waals surface area contributed by atoms with Crippen LogP contribution in [0.15, 0.2) is 45.7 Å². The maximum Gasteiger partial charge on any atom is 0.254 e. The molecule has 2 atom stereocenters. The van der Waals surface area contributed by atoms with Gasteiger partial charge in [0.15, 0.2) is 0 Å². The van der Waals surface area contributed by atoms with Crippen LogP contribution in [-0.2, 0) is 16.6 Å². The number of carbonyl (C=O) groups excluding carboxylic acids is 1. The molecule has 1 aromatic heterocycles. The fourth-order valence-electron chi connectivity index (χ4n) is 3.10. The van der Waals surface area contributed by atoms with Crippen LogP contribution >= 0.6 is 0 Å². The lowest BCUT2D eigenvalue weighted by molar-refractivity contribution is 0.0774. The molecule has 1 N–H and O–H groups in total. The maximum absolute atomic E-state index is 12.7. The first-order chi connectivity index (χ1) is 12.7. The summed E-state index contributed by atoms with van der Waals surface area (Å²) >= 11 is 0. The van der Waals surface area contributed by atoms with Gasteiger partial charge < -0.3 is 9.32 Å². The highest BCUT2D eigenvalue weighted by Crippen LogP contribution is 2.47. The molecule has 27 heavy (non-hydrogen) atoms. The first-order valence-electron chi connectivity index (χ1n) is 9.14. The van der Waals surface area contributed by atoms with Crippen LogP contribution in [-0.4, -0.2) is 32.3 Å². The van der Waals surface area contributed by atoms with Crippen molar-refractivity contribution >= 4 is 15.9 Å². The number of nitrogens with one attached hydrogen (secondary N) is 1. The Balaban J connectivity index is 1.71. The highest BCUT2D eigenvalue weighted by molar-refractivity contribution is 7.89. The predicted octanol–water partition coefficient (Wildman–Crippen LogP) is 3.36. The Hall–Kier alpha value is -2.12. The summed E-state index contributed by atoms with van der Waals surface area (Å²) in [7, 11) is -1.97. The van der Waals surface area contributed by atoms with Crippen LogP contribution in [0.3, 0.4) is 0 Å². The van der Waals surface area contributed by atoms with Gasteiger partial charge in [-0.25, -0.2) is 13.1 Å². The lowest BCUT2D eigenvalue weighted by Gasteiger charge is -2.17. The summed E-state index contributed by atoms with van der Waals surface area (Å²) < 4.78 is 33.0. The summed E-state index contributed by atoms with van der Waals surface area (Å²) in [5.41, 5.74) is 0.326. The Morgan fingerprint density at radius 1 is 1.30 bits per heavy atom. The summed E-state index contributed by atoms with van der Waals surface area (Å²) in [6, 6.07) is 9.74. The SMILES string of the molecule is CC(C)NS(=O)(=O)c1cccc(C(=O)N(C)Cc2ccc([C@H]3C[C@H]3C)o2)c1. The van der Waals surface area contributed by atoms with E-state index in [-0.39, 0.29) is 16.8 Å². The minimum atomic E-state index is -3.64. The van der Waals surface area contributed by atoms with Crippen molar-refractivity contribution in [3.8, 4) is 0 Å². The third-order valence-electron chi connectivity index (χ3n) is 4.68. The molecule has 1 aliphatic rings. The zero-order chi connectivity index (χ0) is 19.8.